The van der Waals surface area contributed by atoms with E-state index >= 15 is 0 Å². The van der Waals surface area contributed by atoms with E-state index in [1.807, 2.05) is 42.9 Å². The predicted molar refractivity (Wildman–Crippen MR) is 62.8 cm³/mol. The quantitative estimate of drug-likeness (QED) is 0.766. The van der Waals surface area contributed by atoms with Gasteiger partial charge in [0.05, 0.1) is 17.8 Å². The minimum atomic E-state index is 0.696. The van der Waals surface area contributed by atoms with Gasteiger partial charge in [0, 0.05) is 23.9 Å². The summed E-state index contributed by atoms with van der Waals surface area (Å²) in [4.78, 5) is 0. The van der Waals surface area contributed by atoms with Crippen molar-refractivity contribution < 1.29 is 0 Å². The predicted octanol–water partition coefficient (Wildman–Crippen LogP) is 2.75. The molecular formula is C13H13N3. The zero-order chi connectivity index (χ0) is 11.5. The van der Waals surface area contributed by atoms with Crippen LogP contribution in [0.2, 0.25) is 0 Å². The Hall–Kier alpha value is -2.08. The molecule has 0 aliphatic rings. The number of nitriles is 1. The summed E-state index contributed by atoms with van der Waals surface area (Å²) in [6, 6.07) is 8.04. The SMILES string of the molecule is CCn1cc(-c2cc(C)ccc2C#N)cn1. The van der Waals surface area contributed by atoms with Gasteiger partial charge in [-0.25, -0.2) is 0 Å². The fourth-order valence-corrected chi connectivity index (χ4v) is 1.67. The highest BCUT2D eigenvalue weighted by atomic mass is 15.3. The summed E-state index contributed by atoms with van der Waals surface area (Å²) in [5, 5.41) is 13.3. The molecule has 2 aromatic rings. The minimum Gasteiger partial charge on any atom is -0.272 e. The van der Waals surface area contributed by atoms with Crippen LogP contribution in [0.1, 0.15) is 18.1 Å². The number of aryl methyl sites for hydroxylation is 2. The number of rotatable bonds is 2. The monoisotopic (exact) mass is 211 g/mol. The highest BCUT2D eigenvalue weighted by Crippen LogP contribution is 2.23. The van der Waals surface area contributed by atoms with Crippen molar-refractivity contribution in [2.24, 2.45) is 0 Å². The van der Waals surface area contributed by atoms with Gasteiger partial charge in [-0.1, -0.05) is 11.6 Å². The summed E-state index contributed by atoms with van der Waals surface area (Å²) < 4.78 is 1.86. The zero-order valence-electron chi connectivity index (χ0n) is 9.44. The van der Waals surface area contributed by atoms with E-state index in [0.717, 1.165) is 23.2 Å². The topological polar surface area (TPSA) is 41.6 Å². The van der Waals surface area contributed by atoms with E-state index in [1.54, 1.807) is 6.20 Å². The van der Waals surface area contributed by atoms with Crippen molar-refractivity contribution in [2.75, 3.05) is 0 Å². The lowest BCUT2D eigenvalue weighted by Gasteiger charge is -2.02. The molecule has 0 aliphatic heterocycles. The second-order valence-electron chi connectivity index (χ2n) is 3.75. The molecule has 0 atom stereocenters. The van der Waals surface area contributed by atoms with Crippen molar-refractivity contribution >= 4 is 0 Å². The molecule has 1 aromatic carbocycles. The molecule has 0 amide bonds. The van der Waals surface area contributed by atoms with Crippen LogP contribution < -0.4 is 0 Å². The summed E-state index contributed by atoms with van der Waals surface area (Å²) in [6.07, 6.45) is 3.77. The van der Waals surface area contributed by atoms with Gasteiger partial charge in [-0.2, -0.15) is 10.4 Å². The number of hydrogen-bond donors (Lipinski definition) is 0. The van der Waals surface area contributed by atoms with Gasteiger partial charge >= 0.3 is 0 Å². The molecule has 0 radical (unpaired) electrons. The van der Waals surface area contributed by atoms with Gasteiger partial charge in [-0.05, 0) is 26.0 Å². The molecule has 80 valence electrons. The molecule has 0 saturated heterocycles. The van der Waals surface area contributed by atoms with Crippen molar-refractivity contribution in [1.82, 2.24) is 9.78 Å². The molecule has 0 spiro atoms. The van der Waals surface area contributed by atoms with Gasteiger partial charge in [0.25, 0.3) is 0 Å². The van der Waals surface area contributed by atoms with E-state index in [9.17, 15) is 0 Å². The molecule has 0 N–H and O–H groups in total. The molecule has 3 nitrogen and oxygen atoms in total. The Balaban J connectivity index is 2.54. The minimum absolute atomic E-state index is 0.696. The van der Waals surface area contributed by atoms with Crippen LogP contribution in [0.3, 0.4) is 0 Å². The molecule has 3 heteroatoms. The first-order valence-electron chi connectivity index (χ1n) is 5.28. The van der Waals surface area contributed by atoms with Gasteiger partial charge in [0.2, 0.25) is 0 Å². The lowest BCUT2D eigenvalue weighted by Crippen LogP contribution is -1.92. The largest absolute Gasteiger partial charge is 0.272 e. The van der Waals surface area contributed by atoms with Crippen LogP contribution >= 0.6 is 0 Å². The lowest BCUT2D eigenvalue weighted by atomic mass is 10.0. The summed E-state index contributed by atoms with van der Waals surface area (Å²) in [6.45, 7) is 4.90. The van der Waals surface area contributed by atoms with E-state index in [4.69, 9.17) is 5.26 Å². The van der Waals surface area contributed by atoms with Crippen LogP contribution in [-0.2, 0) is 6.54 Å². The van der Waals surface area contributed by atoms with Crippen molar-refractivity contribution in [1.29, 1.82) is 5.26 Å². The van der Waals surface area contributed by atoms with Crippen LogP contribution in [-0.4, -0.2) is 9.78 Å². The molecule has 0 saturated carbocycles. The third-order valence-corrected chi connectivity index (χ3v) is 2.56. The number of aromatic nitrogens is 2. The maximum Gasteiger partial charge on any atom is 0.0998 e. The summed E-state index contributed by atoms with van der Waals surface area (Å²) in [7, 11) is 0. The number of hydrogen-bond acceptors (Lipinski definition) is 2. The maximum atomic E-state index is 9.06. The smallest absolute Gasteiger partial charge is 0.0998 e. The van der Waals surface area contributed by atoms with Gasteiger partial charge < -0.3 is 0 Å². The van der Waals surface area contributed by atoms with E-state index in [2.05, 4.69) is 11.2 Å². The van der Waals surface area contributed by atoms with Gasteiger partial charge in [0.15, 0.2) is 0 Å². The Kier molecular flexibility index (Phi) is 2.74. The molecule has 0 aliphatic carbocycles. The molecule has 1 heterocycles. The standard InChI is InChI=1S/C13H13N3/c1-3-16-9-12(8-15-16)13-6-10(2)4-5-11(13)7-14/h4-6,8-9H,3H2,1-2H3. The van der Waals surface area contributed by atoms with Crippen LogP contribution in [0.5, 0.6) is 0 Å². The Morgan fingerprint density at radius 2 is 2.25 bits per heavy atom. The van der Waals surface area contributed by atoms with E-state index < -0.39 is 0 Å². The average Bonchev–Trinajstić information content (AvgIpc) is 2.77. The molecule has 0 bridgehead atoms. The van der Waals surface area contributed by atoms with Crippen LogP contribution in [0.4, 0.5) is 0 Å². The third kappa shape index (κ3) is 1.82. The van der Waals surface area contributed by atoms with E-state index in [-0.39, 0.29) is 0 Å². The van der Waals surface area contributed by atoms with Gasteiger partial charge in [-0.3, -0.25) is 4.68 Å². The fourth-order valence-electron chi connectivity index (χ4n) is 1.67. The Morgan fingerprint density at radius 1 is 1.44 bits per heavy atom. The molecule has 1 aromatic heterocycles. The number of nitrogens with zero attached hydrogens (tertiary/aromatic N) is 3. The van der Waals surface area contributed by atoms with Crippen LogP contribution in [0, 0.1) is 18.3 Å². The molecule has 2 rings (SSSR count). The molecule has 0 fully saturated rings. The van der Waals surface area contributed by atoms with Gasteiger partial charge in [0.1, 0.15) is 0 Å². The molecule has 0 unspecified atom stereocenters. The Morgan fingerprint density at radius 3 is 2.88 bits per heavy atom. The molecular weight excluding hydrogens is 198 g/mol. The van der Waals surface area contributed by atoms with Crippen LogP contribution in [0.15, 0.2) is 30.6 Å². The van der Waals surface area contributed by atoms with Crippen LogP contribution in [0.25, 0.3) is 11.1 Å². The Labute approximate surface area is 94.9 Å². The van der Waals surface area contributed by atoms with E-state index in [0.29, 0.717) is 5.56 Å². The fraction of sp³-hybridized carbons (Fsp3) is 0.231. The summed E-state index contributed by atoms with van der Waals surface area (Å²) in [5.41, 5.74) is 3.81. The molecule has 16 heavy (non-hydrogen) atoms. The lowest BCUT2D eigenvalue weighted by molar-refractivity contribution is 0.660. The first-order chi connectivity index (χ1) is 7.74. The summed E-state index contributed by atoms with van der Waals surface area (Å²) in [5.74, 6) is 0. The highest BCUT2D eigenvalue weighted by Gasteiger charge is 2.07. The first kappa shape index (κ1) is 10.4. The summed E-state index contributed by atoms with van der Waals surface area (Å²) >= 11 is 0. The zero-order valence-corrected chi connectivity index (χ0v) is 9.44. The normalized spacial score (nSPS) is 10.1. The number of benzene rings is 1. The highest BCUT2D eigenvalue weighted by molar-refractivity contribution is 5.70. The third-order valence-electron chi connectivity index (χ3n) is 2.56. The van der Waals surface area contributed by atoms with Crippen molar-refractivity contribution in [3.63, 3.8) is 0 Å². The van der Waals surface area contributed by atoms with E-state index in [1.165, 1.54) is 0 Å². The van der Waals surface area contributed by atoms with Crippen molar-refractivity contribution in [3.8, 4) is 17.2 Å². The second kappa shape index (κ2) is 4.19. The van der Waals surface area contributed by atoms with Crippen molar-refractivity contribution in [3.05, 3.63) is 41.7 Å². The maximum absolute atomic E-state index is 9.06. The van der Waals surface area contributed by atoms with Gasteiger partial charge in [-0.15, -0.1) is 0 Å². The Bertz CT molecular complexity index is 547. The second-order valence-corrected chi connectivity index (χ2v) is 3.75. The first-order valence-corrected chi connectivity index (χ1v) is 5.28. The average molecular weight is 211 g/mol. The van der Waals surface area contributed by atoms with Crippen molar-refractivity contribution in [2.45, 2.75) is 20.4 Å².